The maximum Gasteiger partial charge on any atom is 0.127 e. The second kappa shape index (κ2) is 5.61. The molecule has 0 bridgehead atoms. The average Bonchev–Trinajstić information content (AvgIpc) is 2.98. The molecule has 2 heterocycles. The molecule has 3 rings (SSSR count). The molecule has 19 heavy (non-hydrogen) atoms. The van der Waals surface area contributed by atoms with Crippen molar-refractivity contribution in [2.75, 3.05) is 6.61 Å². The first-order chi connectivity index (χ1) is 9.22. The highest BCUT2D eigenvalue weighted by Gasteiger charge is 2.17. The number of nitrogens with one attached hydrogen (secondary N) is 1. The summed E-state index contributed by atoms with van der Waals surface area (Å²) in [5, 5.41) is 4.57. The summed E-state index contributed by atoms with van der Waals surface area (Å²) in [5.74, 6) is 1.07. The largest absolute Gasteiger partial charge is 0.493 e. The molecule has 0 saturated carbocycles. The van der Waals surface area contributed by atoms with E-state index in [0.29, 0.717) is 0 Å². The zero-order valence-corrected chi connectivity index (χ0v) is 13.1. The first-order valence-electron chi connectivity index (χ1n) is 6.28. The summed E-state index contributed by atoms with van der Waals surface area (Å²) in [5.41, 5.74) is 2.53. The van der Waals surface area contributed by atoms with Crippen molar-refractivity contribution >= 4 is 27.3 Å². The number of fused-ring (bicyclic) bond motifs is 1. The quantitative estimate of drug-likeness (QED) is 0.927. The summed E-state index contributed by atoms with van der Waals surface area (Å²) >= 11 is 5.30. The van der Waals surface area contributed by atoms with Crippen LogP contribution in [0.3, 0.4) is 0 Å². The van der Waals surface area contributed by atoms with Gasteiger partial charge < -0.3 is 10.1 Å². The Labute approximate surface area is 125 Å². The lowest BCUT2D eigenvalue weighted by Gasteiger charge is -2.09. The van der Waals surface area contributed by atoms with E-state index >= 15 is 0 Å². The van der Waals surface area contributed by atoms with Crippen molar-refractivity contribution in [3.05, 3.63) is 43.8 Å². The number of thiazole rings is 1. The van der Waals surface area contributed by atoms with E-state index in [1.165, 1.54) is 16.0 Å². The van der Waals surface area contributed by atoms with Gasteiger partial charge in [0.2, 0.25) is 0 Å². The van der Waals surface area contributed by atoms with Crippen molar-refractivity contribution in [3.63, 3.8) is 0 Å². The predicted molar refractivity (Wildman–Crippen MR) is 80.7 cm³/mol. The van der Waals surface area contributed by atoms with Gasteiger partial charge in [-0.25, -0.2) is 4.98 Å². The minimum Gasteiger partial charge on any atom is -0.493 e. The fourth-order valence-corrected chi connectivity index (χ4v) is 3.60. The molecule has 0 fully saturated rings. The normalized spacial score (nSPS) is 13.4. The highest BCUT2D eigenvalue weighted by Crippen LogP contribution is 2.32. The third-order valence-electron chi connectivity index (χ3n) is 3.11. The van der Waals surface area contributed by atoms with E-state index in [1.54, 1.807) is 11.3 Å². The third kappa shape index (κ3) is 2.99. The SMILES string of the molecule is Cc1ncc(CNCc2cc(Br)cc3c2OCC3)s1. The fraction of sp³-hybridized carbons (Fsp3) is 0.357. The van der Waals surface area contributed by atoms with Gasteiger partial charge in [-0.2, -0.15) is 0 Å². The third-order valence-corrected chi connectivity index (χ3v) is 4.48. The molecule has 1 aromatic carbocycles. The first-order valence-corrected chi connectivity index (χ1v) is 7.89. The number of hydrogen-bond donors (Lipinski definition) is 1. The molecule has 5 heteroatoms. The van der Waals surface area contributed by atoms with Crippen molar-refractivity contribution in [3.8, 4) is 5.75 Å². The topological polar surface area (TPSA) is 34.2 Å². The van der Waals surface area contributed by atoms with Crippen molar-refractivity contribution in [2.45, 2.75) is 26.4 Å². The van der Waals surface area contributed by atoms with Gasteiger partial charge in [-0.05, 0) is 24.6 Å². The number of aryl methyl sites for hydroxylation is 1. The number of ether oxygens (including phenoxy) is 1. The molecule has 1 N–H and O–H groups in total. The van der Waals surface area contributed by atoms with Crippen LogP contribution in [-0.2, 0) is 19.5 Å². The van der Waals surface area contributed by atoms with Crippen LogP contribution in [0.4, 0.5) is 0 Å². The number of aromatic nitrogens is 1. The Balaban J connectivity index is 1.67. The molecule has 3 nitrogen and oxygen atoms in total. The van der Waals surface area contributed by atoms with Crippen molar-refractivity contribution < 1.29 is 4.74 Å². The van der Waals surface area contributed by atoms with Crippen LogP contribution < -0.4 is 10.1 Å². The second-order valence-electron chi connectivity index (χ2n) is 4.60. The van der Waals surface area contributed by atoms with E-state index in [-0.39, 0.29) is 0 Å². The van der Waals surface area contributed by atoms with Crippen molar-refractivity contribution in [2.24, 2.45) is 0 Å². The standard InChI is InChI=1S/C14H15BrN2OS/c1-9-17-8-13(19-9)7-16-6-11-5-12(15)4-10-2-3-18-14(10)11/h4-5,8,16H,2-3,6-7H2,1H3. The summed E-state index contributed by atoms with van der Waals surface area (Å²) in [7, 11) is 0. The number of nitrogens with zero attached hydrogens (tertiary/aromatic N) is 1. The Morgan fingerprint density at radius 2 is 2.32 bits per heavy atom. The van der Waals surface area contributed by atoms with Crippen LogP contribution in [0.15, 0.2) is 22.8 Å². The van der Waals surface area contributed by atoms with Gasteiger partial charge >= 0.3 is 0 Å². The first kappa shape index (κ1) is 13.1. The lowest BCUT2D eigenvalue weighted by molar-refractivity contribution is 0.352. The molecule has 0 atom stereocenters. The molecule has 0 saturated heterocycles. The maximum atomic E-state index is 5.72. The van der Waals surface area contributed by atoms with E-state index in [9.17, 15) is 0 Å². The van der Waals surface area contributed by atoms with Crippen LogP contribution in [-0.4, -0.2) is 11.6 Å². The van der Waals surface area contributed by atoms with Gasteiger partial charge in [0.25, 0.3) is 0 Å². The molecular weight excluding hydrogens is 324 g/mol. The number of hydrogen-bond acceptors (Lipinski definition) is 4. The smallest absolute Gasteiger partial charge is 0.127 e. The zero-order valence-electron chi connectivity index (χ0n) is 10.7. The zero-order chi connectivity index (χ0) is 13.2. The highest BCUT2D eigenvalue weighted by atomic mass is 79.9. The van der Waals surface area contributed by atoms with Gasteiger partial charge in [0.05, 0.1) is 11.6 Å². The summed E-state index contributed by atoms with van der Waals surface area (Å²) in [6, 6.07) is 4.29. The summed E-state index contributed by atoms with van der Waals surface area (Å²) < 4.78 is 6.85. The average molecular weight is 339 g/mol. The molecule has 1 aliphatic heterocycles. The monoisotopic (exact) mass is 338 g/mol. The number of benzene rings is 1. The van der Waals surface area contributed by atoms with E-state index in [0.717, 1.165) is 41.3 Å². The molecule has 0 aliphatic carbocycles. The predicted octanol–water partition coefficient (Wildman–Crippen LogP) is 3.44. The second-order valence-corrected chi connectivity index (χ2v) is 6.84. The molecule has 1 aromatic heterocycles. The summed E-state index contributed by atoms with van der Waals surface area (Å²) in [6.45, 7) is 4.50. The summed E-state index contributed by atoms with van der Waals surface area (Å²) in [4.78, 5) is 5.53. The van der Waals surface area contributed by atoms with E-state index < -0.39 is 0 Å². The van der Waals surface area contributed by atoms with Crippen LogP contribution in [0.25, 0.3) is 0 Å². The molecule has 0 unspecified atom stereocenters. The van der Waals surface area contributed by atoms with Crippen molar-refractivity contribution in [1.82, 2.24) is 10.3 Å². The highest BCUT2D eigenvalue weighted by molar-refractivity contribution is 9.10. The fourth-order valence-electron chi connectivity index (χ4n) is 2.28. The Kier molecular flexibility index (Phi) is 3.86. The molecule has 2 aromatic rings. The van der Waals surface area contributed by atoms with Crippen molar-refractivity contribution in [1.29, 1.82) is 0 Å². The van der Waals surface area contributed by atoms with Gasteiger partial charge in [0.1, 0.15) is 5.75 Å². The molecule has 100 valence electrons. The molecular formula is C14H15BrN2OS. The van der Waals surface area contributed by atoms with E-state index in [2.05, 4.69) is 38.4 Å². The van der Waals surface area contributed by atoms with E-state index in [1.807, 2.05) is 13.1 Å². The molecule has 0 spiro atoms. The van der Waals surface area contributed by atoms with Crippen LogP contribution in [0.5, 0.6) is 5.75 Å². The lowest BCUT2D eigenvalue weighted by Crippen LogP contribution is -2.12. The van der Waals surface area contributed by atoms with Gasteiger partial charge in [-0.3, -0.25) is 0 Å². The minimum atomic E-state index is 0.798. The van der Waals surface area contributed by atoms with Crippen LogP contribution in [0.1, 0.15) is 21.0 Å². The number of halogens is 1. The molecule has 1 aliphatic rings. The van der Waals surface area contributed by atoms with Gasteiger partial charge in [0, 0.05) is 40.6 Å². The summed E-state index contributed by atoms with van der Waals surface area (Å²) in [6.07, 6.45) is 2.95. The van der Waals surface area contributed by atoms with Crippen LogP contribution in [0, 0.1) is 6.92 Å². The van der Waals surface area contributed by atoms with E-state index in [4.69, 9.17) is 4.74 Å². The Morgan fingerprint density at radius 1 is 1.42 bits per heavy atom. The molecule has 0 amide bonds. The lowest BCUT2D eigenvalue weighted by atomic mass is 10.1. The van der Waals surface area contributed by atoms with Gasteiger partial charge in [0.15, 0.2) is 0 Å². The maximum absolute atomic E-state index is 5.72. The molecule has 0 radical (unpaired) electrons. The minimum absolute atomic E-state index is 0.798. The Hall–Kier alpha value is -0.910. The Bertz CT molecular complexity index is 597. The van der Waals surface area contributed by atoms with Gasteiger partial charge in [-0.15, -0.1) is 11.3 Å². The van der Waals surface area contributed by atoms with Crippen LogP contribution in [0.2, 0.25) is 0 Å². The van der Waals surface area contributed by atoms with Crippen LogP contribution >= 0.6 is 27.3 Å². The Morgan fingerprint density at radius 3 is 3.11 bits per heavy atom. The number of rotatable bonds is 4. The van der Waals surface area contributed by atoms with Gasteiger partial charge in [-0.1, -0.05) is 15.9 Å².